The molecule has 0 aromatic rings. The topological polar surface area (TPSA) is 23.5 Å². The molecule has 3 aliphatic carbocycles. The largest absolute Gasteiger partial charge is 0.395 e. The second kappa shape index (κ2) is 7.66. The van der Waals surface area contributed by atoms with E-state index >= 15 is 0 Å². The fraction of sp³-hybridized carbons (Fsp3) is 1.00. The predicted molar refractivity (Wildman–Crippen MR) is 100.0 cm³/mol. The minimum Gasteiger partial charge on any atom is -0.395 e. The van der Waals surface area contributed by atoms with Crippen LogP contribution in [0.3, 0.4) is 0 Å². The Labute approximate surface area is 149 Å². The molecule has 0 amide bonds. The van der Waals surface area contributed by atoms with Crippen LogP contribution >= 0.6 is 0 Å². The summed E-state index contributed by atoms with van der Waals surface area (Å²) in [7, 11) is 0. The number of fused-ring (bicyclic) bond motifs is 1. The van der Waals surface area contributed by atoms with Gasteiger partial charge in [-0.25, -0.2) is 0 Å². The number of aliphatic hydroxyl groups excluding tert-OH is 1. The van der Waals surface area contributed by atoms with Crippen molar-refractivity contribution in [2.24, 2.45) is 23.2 Å². The van der Waals surface area contributed by atoms with Gasteiger partial charge in [-0.2, -0.15) is 0 Å². The van der Waals surface area contributed by atoms with Crippen LogP contribution in [0.2, 0.25) is 0 Å². The molecule has 3 saturated carbocycles. The molecule has 1 aliphatic heterocycles. The first-order chi connectivity index (χ1) is 11.8. The molecule has 2 nitrogen and oxygen atoms in total. The standard InChI is InChI=1S/C22H39NO/c24-16-21-8-5-13-23(21)17-22(11-3-4-12-22)15-18-9-10-19-6-1-2-7-20(19)14-18/h18-21,24H,1-17H2. The van der Waals surface area contributed by atoms with E-state index in [-0.39, 0.29) is 0 Å². The average molecular weight is 334 g/mol. The van der Waals surface area contributed by atoms with Crippen LogP contribution in [0, 0.1) is 23.2 Å². The molecule has 138 valence electrons. The molecule has 0 radical (unpaired) electrons. The number of aliphatic hydroxyl groups is 1. The predicted octanol–water partition coefficient (Wildman–Crippen LogP) is 5.00. The normalized spacial score (nSPS) is 39.9. The summed E-state index contributed by atoms with van der Waals surface area (Å²) in [6, 6.07) is 0.469. The summed E-state index contributed by atoms with van der Waals surface area (Å²) in [5.41, 5.74) is 0.601. The van der Waals surface area contributed by atoms with Gasteiger partial charge in [0.25, 0.3) is 0 Å². The van der Waals surface area contributed by atoms with Gasteiger partial charge in [-0.05, 0) is 74.7 Å². The smallest absolute Gasteiger partial charge is 0.0586 e. The van der Waals surface area contributed by atoms with Gasteiger partial charge in [0.2, 0.25) is 0 Å². The van der Waals surface area contributed by atoms with E-state index in [0.29, 0.717) is 18.1 Å². The van der Waals surface area contributed by atoms with Crippen molar-refractivity contribution >= 4 is 0 Å². The van der Waals surface area contributed by atoms with Gasteiger partial charge in [-0.15, -0.1) is 0 Å². The number of likely N-dealkylation sites (tertiary alicyclic amines) is 1. The molecule has 1 N–H and O–H groups in total. The Balaban J connectivity index is 1.38. The molecule has 1 heterocycles. The van der Waals surface area contributed by atoms with Crippen molar-refractivity contribution in [1.29, 1.82) is 0 Å². The number of nitrogens with zero attached hydrogens (tertiary/aromatic N) is 1. The third-order valence-electron chi connectivity index (χ3n) is 8.28. The lowest BCUT2D eigenvalue weighted by molar-refractivity contribution is 0.0590. The Kier molecular flexibility index (Phi) is 5.53. The minimum absolute atomic E-state index is 0.378. The van der Waals surface area contributed by atoms with E-state index in [9.17, 15) is 5.11 Å². The Morgan fingerprint density at radius 2 is 1.62 bits per heavy atom. The van der Waals surface area contributed by atoms with Crippen LogP contribution in [-0.4, -0.2) is 35.7 Å². The molecule has 1 saturated heterocycles. The maximum Gasteiger partial charge on any atom is 0.0586 e. The number of rotatable bonds is 5. The Morgan fingerprint density at radius 3 is 2.42 bits per heavy atom. The highest BCUT2D eigenvalue weighted by atomic mass is 16.3. The lowest BCUT2D eigenvalue weighted by Crippen LogP contribution is -2.42. The summed E-state index contributed by atoms with van der Waals surface area (Å²) < 4.78 is 0. The molecule has 2 heteroatoms. The molecule has 4 fully saturated rings. The van der Waals surface area contributed by atoms with Crippen LogP contribution < -0.4 is 0 Å². The van der Waals surface area contributed by atoms with E-state index in [1.165, 1.54) is 96.6 Å². The van der Waals surface area contributed by atoms with Crippen molar-refractivity contribution in [2.75, 3.05) is 19.7 Å². The van der Waals surface area contributed by atoms with Crippen molar-refractivity contribution in [3.8, 4) is 0 Å². The van der Waals surface area contributed by atoms with Crippen molar-refractivity contribution in [2.45, 2.75) is 95.9 Å². The number of hydrogen-bond donors (Lipinski definition) is 1. The number of hydrogen-bond acceptors (Lipinski definition) is 2. The van der Waals surface area contributed by atoms with Gasteiger partial charge in [0.15, 0.2) is 0 Å². The SMILES string of the molecule is OCC1CCCN1CC1(CC2CCC3CCCCC3C2)CCCC1. The Bertz CT molecular complexity index is 403. The highest BCUT2D eigenvalue weighted by Crippen LogP contribution is 2.50. The fourth-order valence-electron chi connectivity index (χ4n) is 7.06. The van der Waals surface area contributed by atoms with Gasteiger partial charge in [-0.3, -0.25) is 4.90 Å². The second-order valence-corrected chi connectivity index (χ2v) is 9.84. The first kappa shape index (κ1) is 17.3. The molecule has 24 heavy (non-hydrogen) atoms. The molecular weight excluding hydrogens is 294 g/mol. The third-order valence-corrected chi connectivity index (χ3v) is 8.28. The summed E-state index contributed by atoms with van der Waals surface area (Å²) >= 11 is 0. The Morgan fingerprint density at radius 1 is 0.833 bits per heavy atom. The zero-order valence-corrected chi connectivity index (χ0v) is 15.7. The van der Waals surface area contributed by atoms with Crippen LogP contribution in [0.1, 0.15) is 89.9 Å². The lowest BCUT2D eigenvalue weighted by Gasteiger charge is -2.44. The summed E-state index contributed by atoms with van der Waals surface area (Å²) in [6.45, 7) is 2.91. The molecule has 4 rings (SSSR count). The van der Waals surface area contributed by atoms with Gasteiger partial charge in [0.05, 0.1) is 6.61 Å². The van der Waals surface area contributed by atoms with Crippen LogP contribution in [0.25, 0.3) is 0 Å². The van der Waals surface area contributed by atoms with E-state index in [1.54, 1.807) is 6.42 Å². The van der Waals surface area contributed by atoms with Crippen LogP contribution in [0.15, 0.2) is 0 Å². The van der Waals surface area contributed by atoms with E-state index < -0.39 is 0 Å². The summed E-state index contributed by atoms with van der Waals surface area (Å²) in [5.74, 6) is 3.18. The Hall–Kier alpha value is -0.0800. The average Bonchev–Trinajstić information content (AvgIpc) is 3.24. The van der Waals surface area contributed by atoms with Crippen molar-refractivity contribution in [3.05, 3.63) is 0 Å². The molecule has 0 bridgehead atoms. The molecule has 4 aliphatic rings. The van der Waals surface area contributed by atoms with Crippen LogP contribution in [-0.2, 0) is 0 Å². The molecular formula is C22H39NO. The fourth-order valence-corrected chi connectivity index (χ4v) is 7.06. The molecule has 0 spiro atoms. The van der Waals surface area contributed by atoms with Gasteiger partial charge in [-0.1, -0.05) is 44.9 Å². The van der Waals surface area contributed by atoms with Crippen molar-refractivity contribution in [3.63, 3.8) is 0 Å². The summed E-state index contributed by atoms with van der Waals surface area (Å²) in [5, 5.41) is 9.70. The minimum atomic E-state index is 0.378. The third kappa shape index (κ3) is 3.70. The molecule has 4 unspecified atom stereocenters. The molecule has 0 aromatic heterocycles. The van der Waals surface area contributed by atoms with E-state index in [4.69, 9.17) is 0 Å². The summed E-state index contributed by atoms with van der Waals surface area (Å²) in [6.07, 6.45) is 20.6. The van der Waals surface area contributed by atoms with Crippen LogP contribution in [0.5, 0.6) is 0 Å². The van der Waals surface area contributed by atoms with Crippen molar-refractivity contribution in [1.82, 2.24) is 4.90 Å². The van der Waals surface area contributed by atoms with Crippen LogP contribution in [0.4, 0.5) is 0 Å². The monoisotopic (exact) mass is 333 g/mol. The van der Waals surface area contributed by atoms with Gasteiger partial charge >= 0.3 is 0 Å². The van der Waals surface area contributed by atoms with Gasteiger partial charge in [0, 0.05) is 12.6 Å². The summed E-state index contributed by atoms with van der Waals surface area (Å²) in [4.78, 5) is 2.66. The maximum absolute atomic E-state index is 9.70. The van der Waals surface area contributed by atoms with Gasteiger partial charge < -0.3 is 5.11 Å². The molecule has 4 atom stereocenters. The second-order valence-electron chi connectivity index (χ2n) is 9.84. The highest BCUT2D eigenvalue weighted by Gasteiger charge is 2.42. The molecule has 0 aromatic carbocycles. The lowest BCUT2D eigenvalue weighted by atomic mass is 9.64. The van der Waals surface area contributed by atoms with Gasteiger partial charge in [0.1, 0.15) is 0 Å². The van der Waals surface area contributed by atoms with E-state index in [2.05, 4.69) is 4.90 Å². The van der Waals surface area contributed by atoms with Crippen molar-refractivity contribution < 1.29 is 5.11 Å². The maximum atomic E-state index is 9.70. The zero-order chi connectivity index (χ0) is 16.4. The first-order valence-corrected chi connectivity index (χ1v) is 11.1. The quantitative estimate of drug-likeness (QED) is 0.765. The van der Waals surface area contributed by atoms with E-state index in [1.807, 2.05) is 0 Å². The zero-order valence-electron chi connectivity index (χ0n) is 15.7. The first-order valence-electron chi connectivity index (χ1n) is 11.1. The van der Waals surface area contributed by atoms with E-state index in [0.717, 1.165) is 17.8 Å². The highest BCUT2D eigenvalue weighted by molar-refractivity contribution is 4.94.